The van der Waals surface area contributed by atoms with Crippen LogP contribution in [0.3, 0.4) is 0 Å². The molecule has 0 atom stereocenters. The normalized spacial score (nSPS) is 17.0. The highest BCUT2D eigenvalue weighted by Gasteiger charge is 2.34. The fourth-order valence-electron chi connectivity index (χ4n) is 3.35. The number of aromatic nitrogens is 1. The average molecular weight is 358 g/mol. The molecule has 1 aliphatic heterocycles. The number of benzene rings is 1. The van der Waals surface area contributed by atoms with Crippen LogP contribution in [0, 0.1) is 0 Å². The molecule has 6 nitrogen and oxygen atoms in total. The zero-order chi connectivity index (χ0) is 18.4. The molecule has 3 rings (SSSR count). The topological polar surface area (TPSA) is 75.1 Å². The Labute approximate surface area is 154 Å². The van der Waals surface area contributed by atoms with Crippen molar-refractivity contribution >= 4 is 0 Å². The molecular weight excluding hydrogens is 332 g/mol. The van der Waals surface area contributed by atoms with Gasteiger partial charge in [-0.05, 0) is 36.6 Å². The minimum absolute atomic E-state index is 0.0292. The number of aliphatic hydroxyl groups excluding tert-OH is 1. The molecule has 1 fully saturated rings. The third-order valence-corrected chi connectivity index (χ3v) is 4.87. The van der Waals surface area contributed by atoms with E-state index in [4.69, 9.17) is 14.6 Å². The third-order valence-electron chi connectivity index (χ3n) is 4.87. The lowest BCUT2D eigenvalue weighted by molar-refractivity contribution is -0.0280. The monoisotopic (exact) mass is 358 g/mol. The number of pyridine rings is 1. The van der Waals surface area contributed by atoms with Gasteiger partial charge < -0.3 is 19.7 Å². The van der Waals surface area contributed by atoms with Gasteiger partial charge in [-0.1, -0.05) is 12.1 Å². The molecule has 0 spiro atoms. The molecule has 0 bridgehead atoms. The summed E-state index contributed by atoms with van der Waals surface area (Å²) in [5.41, 5.74) is 1.24. The molecule has 0 radical (unpaired) electrons. The van der Waals surface area contributed by atoms with Crippen molar-refractivity contribution in [1.29, 1.82) is 0 Å². The Morgan fingerprint density at radius 1 is 1.19 bits per heavy atom. The van der Waals surface area contributed by atoms with Crippen molar-refractivity contribution in [1.82, 2.24) is 9.88 Å². The number of hydrogen-bond acceptors (Lipinski definition) is 6. The maximum Gasteiger partial charge on any atom is 0.161 e. The molecule has 0 saturated carbocycles. The number of piperidine rings is 1. The van der Waals surface area contributed by atoms with E-state index >= 15 is 0 Å². The fourth-order valence-corrected chi connectivity index (χ4v) is 3.35. The van der Waals surface area contributed by atoms with Gasteiger partial charge in [0.05, 0.1) is 19.3 Å². The Bertz CT molecular complexity index is 700. The minimum Gasteiger partial charge on any atom is -0.493 e. The Morgan fingerprint density at radius 2 is 2.00 bits per heavy atom. The summed E-state index contributed by atoms with van der Waals surface area (Å²) in [6.45, 7) is 2.64. The number of aliphatic hydroxyl groups is 2. The van der Waals surface area contributed by atoms with E-state index in [9.17, 15) is 5.11 Å². The molecule has 26 heavy (non-hydrogen) atoms. The van der Waals surface area contributed by atoms with E-state index in [-0.39, 0.29) is 13.2 Å². The van der Waals surface area contributed by atoms with Crippen LogP contribution >= 0.6 is 0 Å². The van der Waals surface area contributed by atoms with Gasteiger partial charge >= 0.3 is 0 Å². The largest absolute Gasteiger partial charge is 0.493 e. The molecule has 0 aliphatic carbocycles. The van der Waals surface area contributed by atoms with Gasteiger partial charge in [-0.25, -0.2) is 0 Å². The second kappa shape index (κ2) is 8.49. The van der Waals surface area contributed by atoms with Crippen molar-refractivity contribution in [2.24, 2.45) is 0 Å². The van der Waals surface area contributed by atoms with E-state index in [1.165, 1.54) is 0 Å². The Hall–Kier alpha value is -2.15. The summed E-state index contributed by atoms with van der Waals surface area (Å²) in [7, 11) is 1.61. The lowest BCUT2D eigenvalue weighted by atomic mass is 9.85. The first-order valence-corrected chi connectivity index (χ1v) is 8.90. The Morgan fingerprint density at radius 3 is 2.65 bits per heavy atom. The van der Waals surface area contributed by atoms with Crippen LogP contribution in [-0.4, -0.2) is 53.5 Å². The highest BCUT2D eigenvalue weighted by atomic mass is 16.5. The van der Waals surface area contributed by atoms with Crippen molar-refractivity contribution < 1.29 is 19.7 Å². The number of likely N-dealkylation sites (tertiary alicyclic amines) is 1. The van der Waals surface area contributed by atoms with Crippen molar-refractivity contribution in [3.05, 3.63) is 53.9 Å². The van der Waals surface area contributed by atoms with Gasteiger partial charge in [0.2, 0.25) is 0 Å². The zero-order valence-electron chi connectivity index (χ0n) is 15.1. The van der Waals surface area contributed by atoms with Gasteiger partial charge in [0.25, 0.3) is 0 Å². The van der Waals surface area contributed by atoms with E-state index in [1.54, 1.807) is 19.5 Å². The predicted molar refractivity (Wildman–Crippen MR) is 98.2 cm³/mol. The smallest absolute Gasteiger partial charge is 0.161 e. The summed E-state index contributed by atoms with van der Waals surface area (Å²) in [4.78, 5) is 6.45. The summed E-state index contributed by atoms with van der Waals surface area (Å²) in [5.74, 6) is 1.30. The van der Waals surface area contributed by atoms with Crippen LogP contribution < -0.4 is 9.47 Å². The summed E-state index contributed by atoms with van der Waals surface area (Å²) in [6, 6.07) is 9.66. The van der Waals surface area contributed by atoms with Crippen LogP contribution in [0.2, 0.25) is 0 Å². The standard InChI is InChI=1S/C20H26N2O4/c1-25-19-13-16(4-5-18(19)26-12-11-23)15-22-9-6-20(24,7-10-22)17-3-2-8-21-14-17/h2-5,8,13-14,23-24H,6-7,9-12,15H2,1H3. The second-order valence-corrected chi connectivity index (χ2v) is 6.61. The van der Waals surface area contributed by atoms with E-state index in [0.717, 1.165) is 30.8 Å². The van der Waals surface area contributed by atoms with Gasteiger partial charge in [-0.2, -0.15) is 0 Å². The number of methoxy groups -OCH3 is 1. The molecule has 1 aromatic carbocycles. The summed E-state index contributed by atoms with van der Waals surface area (Å²) >= 11 is 0. The molecule has 1 aromatic heterocycles. The average Bonchev–Trinajstić information content (AvgIpc) is 2.69. The molecule has 2 N–H and O–H groups in total. The third kappa shape index (κ3) is 4.33. The van der Waals surface area contributed by atoms with Crippen molar-refractivity contribution in [2.45, 2.75) is 25.0 Å². The molecule has 0 amide bonds. The van der Waals surface area contributed by atoms with E-state index in [2.05, 4.69) is 9.88 Å². The summed E-state index contributed by atoms with van der Waals surface area (Å²) in [6.07, 6.45) is 4.86. The molecule has 2 aromatic rings. The van der Waals surface area contributed by atoms with Crippen molar-refractivity contribution in [3.8, 4) is 11.5 Å². The first-order chi connectivity index (χ1) is 12.6. The zero-order valence-corrected chi connectivity index (χ0v) is 15.1. The first-order valence-electron chi connectivity index (χ1n) is 8.90. The lowest BCUT2D eigenvalue weighted by Crippen LogP contribution is -2.42. The maximum atomic E-state index is 10.9. The second-order valence-electron chi connectivity index (χ2n) is 6.61. The van der Waals surface area contributed by atoms with Crippen LogP contribution in [0.5, 0.6) is 11.5 Å². The van der Waals surface area contributed by atoms with E-state index in [1.807, 2.05) is 30.3 Å². The number of hydrogen-bond donors (Lipinski definition) is 2. The fraction of sp³-hybridized carbons (Fsp3) is 0.450. The van der Waals surface area contributed by atoms with Crippen LogP contribution in [0.1, 0.15) is 24.0 Å². The molecule has 6 heteroatoms. The SMILES string of the molecule is COc1cc(CN2CCC(O)(c3cccnc3)CC2)ccc1OCCO. The molecule has 1 aliphatic rings. The maximum absolute atomic E-state index is 10.9. The molecular formula is C20H26N2O4. The van der Waals surface area contributed by atoms with E-state index in [0.29, 0.717) is 24.3 Å². The van der Waals surface area contributed by atoms with Gasteiger partial charge in [0.15, 0.2) is 11.5 Å². The van der Waals surface area contributed by atoms with Gasteiger partial charge in [0, 0.05) is 37.6 Å². The van der Waals surface area contributed by atoms with Crippen molar-refractivity contribution in [2.75, 3.05) is 33.4 Å². The number of ether oxygens (including phenoxy) is 2. The number of rotatable bonds is 7. The van der Waals surface area contributed by atoms with Crippen LogP contribution in [-0.2, 0) is 12.1 Å². The minimum atomic E-state index is -0.787. The Balaban J connectivity index is 1.61. The highest BCUT2D eigenvalue weighted by Crippen LogP contribution is 2.33. The van der Waals surface area contributed by atoms with Crippen molar-refractivity contribution in [3.63, 3.8) is 0 Å². The highest BCUT2D eigenvalue weighted by molar-refractivity contribution is 5.43. The summed E-state index contributed by atoms with van der Waals surface area (Å²) in [5, 5.41) is 19.8. The molecule has 2 heterocycles. The van der Waals surface area contributed by atoms with Gasteiger partial charge in [-0.3, -0.25) is 9.88 Å². The first kappa shape index (κ1) is 18.6. The Kier molecular flexibility index (Phi) is 6.08. The summed E-state index contributed by atoms with van der Waals surface area (Å²) < 4.78 is 10.9. The lowest BCUT2D eigenvalue weighted by Gasteiger charge is -2.38. The van der Waals surface area contributed by atoms with Gasteiger partial charge in [-0.15, -0.1) is 0 Å². The predicted octanol–water partition coefficient (Wildman–Crippen LogP) is 1.94. The molecule has 1 saturated heterocycles. The van der Waals surface area contributed by atoms with Crippen LogP contribution in [0.25, 0.3) is 0 Å². The quantitative estimate of drug-likeness (QED) is 0.788. The molecule has 140 valence electrons. The van der Waals surface area contributed by atoms with E-state index < -0.39 is 5.60 Å². The van der Waals surface area contributed by atoms with Crippen LogP contribution in [0.4, 0.5) is 0 Å². The van der Waals surface area contributed by atoms with Gasteiger partial charge in [0.1, 0.15) is 6.61 Å². The number of nitrogens with zero attached hydrogens (tertiary/aromatic N) is 2. The van der Waals surface area contributed by atoms with Crippen LogP contribution in [0.15, 0.2) is 42.7 Å². The molecule has 0 unspecified atom stereocenters.